The van der Waals surface area contributed by atoms with Crippen LogP contribution in [0.2, 0.25) is 5.02 Å². The fraction of sp³-hybridized carbons (Fsp3) is 0.387. The number of nitrogens with zero attached hydrogens (tertiary/aromatic N) is 4. The van der Waals surface area contributed by atoms with E-state index >= 15 is 0 Å². The first kappa shape index (κ1) is 29.3. The minimum absolute atomic E-state index is 0.137. The molecule has 0 spiro atoms. The van der Waals surface area contributed by atoms with Crippen LogP contribution in [0.15, 0.2) is 49.1 Å². The Morgan fingerprint density at radius 3 is 2.60 bits per heavy atom. The van der Waals surface area contributed by atoms with Crippen LogP contribution in [-0.2, 0) is 23.8 Å². The summed E-state index contributed by atoms with van der Waals surface area (Å²) in [5.74, 6) is 0. The molecule has 40 heavy (non-hydrogen) atoms. The summed E-state index contributed by atoms with van der Waals surface area (Å²) in [7, 11) is 1.88. The van der Waals surface area contributed by atoms with Crippen molar-refractivity contribution in [2.24, 2.45) is 7.05 Å². The number of halogens is 1. The van der Waals surface area contributed by atoms with Gasteiger partial charge in [0.25, 0.3) is 0 Å². The van der Waals surface area contributed by atoms with Crippen molar-refractivity contribution in [3.63, 3.8) is 0 Å². The van der Waals surface area contributed by atoms with Crippen molar-refractivity contribution < 1.29 is 14.6 Å². The largest absolute Gasteiger partial charge is 0.443 e. The van der Waals surface area contributed by atoms with Gasteiger partial charge < -0.3 is 24.6 Å². The van der Waals surface area contributed by atoms with E-state index in [-0.39, 0.29) is 11.7 Å². The number of carbonyl (C=O) groups excluding carboxylic acids is 1. The summed E-state index contributed by atoms with van der Waals surface area (Å²) in [5.41, 5.74) is 4.18. The van der Waals surface area contributed by atoms with Gasteiger partial charge >= 0.3 is 6.09 Å². The number of hydrogen-bond donors (Lipinski definition) is 2. The topological polar surface area (TPSA) is 92.5 Å². The van der Waals surface area contributed by atoms with E-state index in [4.69, 9.17) is 16.3 Å². The predicted octanol–water partition coefficient (Wildman–Crippen LogP) is 4.65. The maximum Gasteiger partial charge on any atom is 0.410 e. The van der Waals surface area contributed by atoms with E-state index in [1.165, 1.54) is 0 Å². The van der Waals surface area contributed by atoms with E-state index < -0.39 is 5.60 Å². The smallest absolute Gasteiger partial charge is 0.410 e. The second kappa shape index (κ2) is 12.3. The fourth-order valence-corrected chi connectivity index (χ4v) is 5.04. The zero-order valence-corrected chi connectivity index (χ0v) is 24.0. The van der Waals surface area contributed by atoms with Crippen molar-refractivity contribution in [2.45, 2.75) is 44.3 Å². The third kappa shape index (κ3) is 6.56. The van der Waals surface area contributed by atoms with E-state index in [0.29, 0.717) is 11.4 Å². The number of piperazine rings is 1. The summed E-state index contributed by atoms with van der Waals surface area (Å²) in [5, 5.41) is 15.3. The molecular formula is C31H36ClN5O3. The first-order valence-electron chi connectivity index (χ1n) is 13.3. The second-order valence-corrected chi connectivity index (χ2v) is 11.0. The third-order valence-corrected chi connectivity index (χ3v) is 7.68. The lowest BCUT2D eigenvalue weighted by Gasteiger charge is -2.28. The van der Waals surface area contributed by atoms with Crippen molar-refractivity contribution in [3.8, 4) is 12.8 Å². The minimum atomic E-state index is -1.22. The first-order valence-corrected chi connectivity index (χ1v) is 13.7. The Labute approximate surface area is 241 Å². The molecule has 2 aromatic heterocycles. The van der Waals surface area contributed by atoms with Gasteiger partial charge in [-0.25, -0.2) is 9.78 Å². The molecule has 1 aromatic carbocycles. The number of imidazole rings is 1. The highest BCUT2D eigenvalue weighted by molar-refractivity contribution is 6.30. The van der Waals surface area contributed by atoms with Crippen LogP contribution in [0.4, 0.5) is 4.79 Å². The quantitative estimate of drug-likeness (QED) is 0.452. The molecule has 1 amide bonds. The summed E-state index contributed by atoms with van der Waals surface area (Å²) in [6, 6.07) is 9.74. The highest BCUT2D eigenvalue weighted by Gasteiger charge is 2.42. The lowest BCUT2D eigenvalue weighted by Crippen LogP contribution is -2.47. The molecule has 0 unspecified atom stereocenters. The van der Waals surface area contributed by atoms with Crippen LogP contribution in [0, 0.1) is 12.8 Å². The van der Waals surface area contributed by atoms with Gasteiger partial charge in [-0.05, 0) is 73.2 Å². The van der Waals surface area contributed by atoms with Crippen molar-refractivity contribution in [1.29, 1.82) is 0 Å². The Morgan fingerprint density at radius 1 is 1.23 bits per heavy atom. The molecule has 2 fully saturated rings. The van der Waals surface area contributed by atoms with Gasteiger partial charge in [-0.15, -0.1) is 12.8 Å². The van der Waals surface area contributed by atoms with Crippen LogP contribution >= 0.6 is 11.6 Å². The molecule has 3 aliphatic rings. The number of aryl methyl sites for hydroxylation is 1. The van der Waals surface area contributed by atoms with Gasteiger partial charge in [-0.2, -0.15) is 0 Å². The average molecular weight is 562 g/mol. The van der Waals surface area contributed by atoms with Crippen molar-refractivity contribution in [1.82, 2.24) is 24.8 Å². The van der Waals surface area contributed by atoms with Crippen LogP contribution in [0.5, 0.6) is 0 Å². The monoisotopic (exact) mass is 561 g/mol. The average Bonchev–Trinajstić information content (AvgIpc) is 3.56. The van der Waals surface area contributed by atoms with Gasteiger partial charge in [-0.3, -0.25) is 4.98 Å². The molecule has 2 N–H and O–H groups in total. The number of ether oxygens (including phenoxy) is 1. The summed E-state index contributed by atoms with van der Waals surface area (Å²) >= 11 is 6.27. The zero-order valence-electron chi connectivity index (χ0n) is 23.2. The van der Waals surface area contributed by atoms with Gasteiger partial charge in [0.2, 0.25) is 0 Å². The number of carbonyl (C=O) groups is 1. The maximum absolute atomic E-state index is 11.5. The number of aromatic nitrogens is 3. The normalized spacial score (nSPS) is 18.1. The number of aliphatic hydroxyl groups is 1. The second-order valence-electron chi connectivity index (χ2n) is 10.6. The molecule has 3 aromatic rings. The SMILES string of the molecule is C#C.CC1(OC(=O)N2CCNCC2)CC1.Cn1cncc1[C@](C)(O)C1=Cc2cccnc2Cc2ccc(Cl)cc21. The lowest BCUT2D eigenvalue weighted by molar-refractivity contribution is 0.0555. The van der Waals surface area contributed by atoms with E-state index in [2.05, 4.69) is 28.1 Å². The highest BCUT2D eigenvalue weighted by Crippen LogP contribution is 2.42. The molecule has 0 bridgehead atoms. The maximum atomic E-state index is 11.5. The Morgan fingerprint density at radius 2 is 1.95 bits per heavy atom. The van der Waals surface area contributed by atoms with Crippen molar-refractivity contribution in [3.05, 3.63) is 82.2 Å². The van der Waals surface area contributed by atoms with Crippen LogP contribution < -0.4 is 5.32 Å². The fourth-order valence-electron chi connectivity index (χ4n) is 4.86. The number of rotatable bonds is 3. The molecule has 8 nitrogen and oxygen atoms in total. The summed E-state index contributed by atoms with van der Waals surface area (Å²) in [6.07, 6.45) is 17.8. The molecule has 9 heteroatoms. The molecule has 1 saturated carbocycles. The molecule has 1 aliphatic heterocycles. The standard InChI is InChI=1S/C20H18ClN3O.C9H16N2O2.C2H2/c1-20(25,19-11-22-12-24(19)2)17-8-14-4-3-7-23-18(14)9-13-5-6-15(21)10-16(13)17;1-9(2-3-9)13-8(12)11-6-4-10-5-7-11;1-2/h3-8,10-12,25H,9H2,1-2H3;10H,2-7H2,1H3;1-2H/t20-;;/m1../s1. The van der Waals surface area contributed by atoms with Gasteiger partial charge in [0.15, 0.2) is 0 Å². The van der Waals surface area contributed by atoms with E-state index in [9.17, 15) is 9.90 Å². The summed E-state index contributed by atoms with van der Waals surface area (Å²) < 4.78 is 7.18. The number of terminal acetylenes is 1. The van der Waals surface area contributed by atoms with Crippen molar-refractivity contribution >= 4 is 29.3 Å². The Kier molecular flexibility index (Phi) is 8.99. The minimum Gasteiger partial charge on any atom is -0.443 e. The van der Waals surface area contributed by atoms with E-state index in [1.54, 1.807) is 30.5 Å². The van der Waals surface area contributed by atoms with E-state index in [1.807, 2.05) is 54.9 Å². The Bertz CT molecular complexity index is 1400. The van der Waals surface area contributed by atoms with Crippen LogP contribution in [0.25, 0.3) is 11.6 Å². The number of nitrogens with one attached hydrogen (secondary N) is 1. The number of pyridine rings is 1. The molecule has 210 valence electrons. The van der Waals surface area contributed by atoms with Gasteiger partial charge in [0.1, 0.15) is 11.2 Å². The Balaban J connectivity index is 0.000000207. The van der Waals surface area contributed by atoms with Crippen molar-refractivity contribution in [2.75, 3.05) is 26.2 Å². The lowest BCUT2D eigenvalue weighted by atomic mass is 9.84. The van der Waals surface area contributed by atoms with Gasteiger partial charge in [0.05, 0.1) is 23.9 Å². The molecule has 3 heterocycles. The van der Waals surface area contributed by atoms with Crippen LogP contribution in [0.1, 0.15) is 54.8 Å². The zero-order chi connectivity index (χ0) is 28.9. The van der Waals surface area contributed by atoms with Gasteiger partial charge in [-0.1, -0.05) is 23.7 Å². The molecule has 1 atom stereocenters. The molecule has 1 saturated heterocycles. The molecule has 0 radical (unpaired) electrons. The van der Waals surface area contributed by atoms with E-state index in [0.717, 1.165) is 72.7 Å². The number of fused-ring (bicyclic) bond motifs is 2. The highest BCUT2D eigenvalue weighted by atomic mass is 35.5. The number of hydrogen-bond acceptors (Lipinski definition) is 6. The molecule has 6 rings (SSSR count). The molecular weight excluding hydrogens is 526 g/mol. The number of benzene rings is 1. The van der Waals surface area contributed by atoms with Crippen LogP contribution in [-0.4, -0.2) is 62.4 Å². The molecule has 2 aliphatic carbocycles. The first-order chi connectivity index (χ1) is 19.2. The summed E-state index contributed by atoms with van der Waals surface area (Å²) in [4.78, 5) is 22.0. The van der Waals surface area contributed by atoms with Gasteiger partial charge in [0, 0.05) is 50.9 Å². The third-order valence-electron chi connectivity index (χ3n) is 7.45. The van der Waals surface area contributed by atoms with Crippen LogP contribution in [0.3, 0.4) is 0 Å². The summed E-state index contributed by atoms with van der Waals surface area (Å²) in [6.45, 7) is 7.09. The number of amides is 1. The Hall–Kier alpha value is -3.64. The predicted molar refractivity (Wildman–Crippen MR) is 158 cm³/mol.